The SMILES string of the molecule is CCCCCCCCCCCCCCCCCN(c1nn[nH]n1)S(=O)(=O)CCCC=O. The van der Waals surface area contributed by atoms with Crippen LogP contribution in [0.5, 0.6) is 0 Å². The standard InChI is InChI=1S/C22H43N5O3S/c1-2-3-4-5-6-7-8-9-10-11-12-13-14-15-16-19-27(22-23-25-26-24-22)31(29,30)21-18-17-20-28/h20H,2-19,21H2,1H3,(H,23,24,25,26). The van der Waals surface area contributed by atoms with Crippen LogP contribution in [0.25, 0.3) is 0 Å². The fourth-order valence-electron chi connectivity index (χ4n) is 3.71. The molecule has 1 rings (SSSR count). The fraction of sp³-hybridized carbons (Fsp3) is 0.909. The number of carbonyl (C=O) groups excluding carboxylic acids is 1. The van der Waals surface area contributed by atoms with Crippen LogP contribution >= 0.6 is 0 Å². The lowest BCUT2D eigenvalue weighted by molar-refractivity contribution is -0.107. The third-order valence-electron chi connectivity index (χ3n) is 5.58. The van der Waals surface area contributed by atoms with E-state index in [1.54, 1.807) is 0 Å². The van der Waals surface area contributed by atoms with Crippen molar-refractivity contribution in [1.82, 2.24) is 20.6 Å². The lowest BCUT2D eigenvalue weighted by atomic mass is 10.0. The van der Waals surface area contributed by atoms with Gasteiger partial charge in [-0.25, -0.2) is 12.7 Å². The molecule has 0 fully saturated rings. The molecule has 0 radical (unpaired) electrons. The maximum Gasteiger partial charge on any atom is 0.279 e. The van der Waals surface area contributed by atoms with Gasteiger partial charge in [0.25, 0.3) is 5.95 Å². The Balaban J connectivity index is 2.09. The molecule has 0 bridgehead atoms. The summed E-state index contributed by atoms with van der Waals surface area (Å²) < 4.78 is 26.4. The first kappa shape index (κ1) is 27.5. The number of carbonyl (C=O) groups is 1. The van der Waals surface area contributed by atoms with Gasteiger partial charge in [0.05, 0.1) is 5.75 Å². The number of nitrogens with one attached hydrogen (secondary N) is 1. The number of aldehydes is 1. The van der Waals surface area contributed by atoms with E-state index in [-0.39, 0.29) is 18.1 Å². The number of hydrogen-bond donors (Lipinski definition) is 1. The van der Waals surface area contributed by atoms with E-state index in [1.807, 2.05) is 0 Å². The molecule has 1 N–H and O–H groups in total. The summed E-state index contributed by atoms with van der Waals surface area (Å²) in [6, 6.07) is 0. The van der Waals surface area contributed by atoms with Gasteiger partial charge in [0.1, 0.15) is 6.29 Å². The van der Waals surface area contributed by atoms with Gasteiger partial charge < -0.3 is 4.79 Å². The highest BCUT2D eigenvalue weighted by molar-refractivity contribution is 7.92. The minimum atomic E-state index is -3.55. The van der Waals surface area contributed by atoms with Gasteiger partial charge in [-0.2, -0.15) is 5.21 Å². The van der Waals surface area contributed by atoms with Crippen molar-refractivity contribution in [3.8, 4) is 0 Å². The number of aromatic nitrogens is 4. The van der Waals surface area contributed by atoms with Crippen molar-refractivity contribution in [3.63, 3.8) is 0 Å². The highest BCUT2D eigenvalue weighted by atomic mass is 32.2. The van der Waals surface area contributed by atoms with Crippen molar-refractivity contribution < 1.29 is 13.2 Å². The summed E-state index contributed by atoms with van der Waals surface area (Å²) in [4.78, 5) is 10.5. The summed E-state index contributed by atoms with van der Waals surface area (Å²) >= 11 is 0. The topological polar surface area (TPSA) is 109 Å². The molecule has 1 heterocycles. The van der Waals surface area contributed by atoms with Crippen molar-refractivity contribution in [2.45, 2.75) is 116 Å². The molecule has 1 aromatic rings. The van der Waals surface area contributed by atoms with Gasteiger partial charge in [-0.3, -0.25) is 0 Å². The number of hydrogen-bond acceptors (Lipinski definition) is 6. The van der Waals surface area contributed by atoms with Crippen LogP contribution in [0.1, 0.15) is 116 Å². The van der Waals surface area contributed by atoms with E-state index >= 15 is 0 Å². The lowest BCUT2D eigenvalue weighted by Crippen LogP contribution is -2.35. The molecule has 1 aromatic heterocycles. The number of anilines is 1. The third kappa shape index (κ3) is 13.5. The number of aromatic amines is 1. The number of rotatable bonds is 22. The van der Waals surface area contributed by atoms with E-state index < -0.39 is 10.0 Å². The van der Waals surface area contributed by atoms with Crippen LogP contribution in [0.15, 0.2) is 0 Å². The van der Waals surface area contributed by atoms with E-state index in [4.69, 9.17) is 0 Å². The molecule has 0 saturated heterocycles. The largest absolute Gasteiger partial charge is 0.303 e. The average molecular weight is 458 g/mol. The summed E-state index contributed by atoms with van der Waals surface area (Å²) in [6.45, 7) is 2.61. The van der Waals surface area contributed by atoms with Gasteiger partial charge in [-0.1, -0.05) is 102 Å². The second-order valence-electron chi connectivity index (χ2n) is 8.36. The second-order valence-corrected chi connectivity index (χ2v) is 10.4. The Morgan fingerprint density at radius 2 is 1.32 bits per heavy atom. The zero-order valence-electron chi connectivity index (χ0n) is 19.4. The van der Waals surface area contributed by atoms with Crippen LogP contribution in [-0.2, 0) is 14.8 Å². The van der Waals surface area contributed by atoms with E-state index in [0.717, 1.165) is 25.5 Å². The van der Waals surface area contributed by atoms with Crippen LogP contribution in [0.2, 0.25) is 0 Å². The summed E-state index contributed by atoms with van der Waals surface area (Å²) in [7, 11) is -3.55. The van der Waals surface area contributed by atoms with Crippen molar-refractivity contribution >= 4 is 22.3 Å². The number of unbranched alkanes of at least 4 members (excludes halogenated alkanes) is 15. The normalized spacial score (nSPS) is 11.6. The van der Waals surface area contributed by atoms with E-state index in [1.165, 1.54) is 81.4 Å². The molecule has 0 spiro atoms. The summed E-state index contributed by atoms with van der Waals surface area (Å²) in [5.74, 6) is -0.00424. The molecule has 0 atom stereocenters. The molecule has 8 nitrogen and oxygen atoms in total. The number of tetrazole rings is 1. The van der Waals surface area contributed by atoms with Crippen LogP contribution in [0.4, 0.5) is 5.95 Å². The predicted molar refractivity (Wildman–Crippen MR) is 126 cm³/mol. The Labute approximate surface area is 189 Å². The second kappa shape index (κ2) is 18.1. The number of nitrogens with zero attached hydrogens (tertiary/aromatic N) is 4. The van der Waals surface area contributed by atoms with Gasteiger partial charge in [0.15, 0.2) is 0 Å². The Morgan fingerprint density at radius 3 is 1.77 bits per heavy atom. The molecule has 9 heteroatoms. The van der Waals surface area contributed by atoms with Crippen molar-refractivity contribution in [2.24, 2.45) is 0 Å². The summed E-state index contributed by atoms with van der Waals surface area (Å²) in [5.41, 5.74) is 0. The van der Waals surface area contributed by atoms with E-state index in [0.29, 0.717) is 13.0 Å². The van der Waals surface area contributed by atoms with Crippen molar-refractivity contribution in [2.75, 3.05) is 16.6 Å². The molecule has 0 aliphatic rings. The molecule has 0 aromatic carbocycles. The Hall–Kier alpha value is -1.51. The van der Waals surface area contributed by atoms with Gasteiger partial charge in [0, 0.05) is 13.0 Å². The maximum absolute atomic E-state index is 12.6. The zero-order valence-corrected chi connectivity index (χ0v) is 20.3. The summed E-state index contributed by atoms with van der Waals surface area (Å²) in [6.07, 6.45) is 20.2. The van der Waals surface area contributed by atoms with Crippen LogP contribution in [-0.4, -0.2) is 47.6 Å². The molecule has 0 saturated carbocycles. The Kier molecular flexibility index (Phi) is 16.1. The molecule has 0 amide bonds. The molecule has 0 aliphatic carbocycles. The van der Waals surface area contributed by atoms with E-state index in [2.05, 4.69) is 27.5 Å². The number of H-pyrrole nitrogens is 1. The average Bonchev–Trinajstić information content (AvgIpc) is 3.27. The first-order chi connectivity index (χ1) is 15.1. The highest BCUT2D eigenvalue weighted by Gasteiger charge is 2.25. The molecule has 31 heavy (non-hydrogen) atoms. The highest BCUT2D eigenvalue weighted by Crippen LogP contribution is 2.16. The molecule has 0 aliphatic heterocycles. The fourth-order valence-corrected chi connectivity index (χ4v) is 5.20. The lowest BCUT2D eigenvalue weighted by Gasteiger charge is -2.20. The zero-order chi connectivity index (χ0) is 22.6. The van der Waals surface area contributed by atoms with E-state index in [9.17, 15) is 13.2 Å². The molecule has 0 unspecified atom stereocenters. The molecular weight excluding hydrogens is 414 g/mol. The predicted octanol–water partition coefficient (Wildman–Crippen LogP) is 5.19. The minimum absolute atomic E-state index is 0.0801. The van der Waals surface area contributed by atoms with Gasteiger partial charge in [-0.05, 0) is 18.1 Å². The van der Waals surface area contributed by atoms with Crippen LogP contribution < -0.4 is 4.31 Å². The minimum Gasteiger partial charge on any atom is -0.303 e. The monoisotopic (exact) mass is 457 g/mol. The number of sulfonamides is 1. The summed E-state index contributed by atoms with van der Waals surface area (Å²) in [5, 5.41) is 13.4. The third-order valence-corrected chi connectivity index (χ3v) is 7.40. The first-order valence-corrected chi connectivity index (χ1v) is 13.9. The smallest absolute Gasteiger partial charge is 0.279 e. The van der Waals surface area contributed by atoms with Gasteiger partial charge >= 0.3 is 0 Å². The Bertz CT molecular complexity index is 638. The molecule has 180 valence electrons. The Morgan fingerprint density at radius 1 is 0.806 bits per heavy atom. The van der Waals surface area contributed by atoms with Gasteiger partial charge in [0.2, 0.25) is 10.0 Å². The van der Waals surface area contributed by atoms with Crippen molar-refractivity contribution in [3.05, 3.63) is 0 Å². The maximum atomic E-state index is 12.6. The molecular formula is C22H43N5O3S. The van der Waals surface area contributed by atoms with Crippen LogP contribution in [0.3, 0.4) is 0 Å². The first-order valence-electron chi connectivity index (χ1n) is 12.3. The quantitative estimate of drug-likeness (QED) is 0.190. The van der Waals surface area contributed by atoms with Gasteiger partial charge in [-0.15, -0.1) is 5.10 Å². The van der Waals surface area contributed by atoms with Crippen LogP contribution in [0, 0.1) is 0 Å². The van der Waals surface area contributed by atoms with Crippen molar-refractivity contribution in [1.29, 1.82) is 0 Å².